The number of hydrogen-bond acceptors (Lipinski definition) is 4. The number of methoxy groups -OCH3 is 3. The molecule has 0 spiro atoms. The van der Waals surface area contributed by atoms with Gasteiger partial charge in [-0.1, -0.05) is 0 Å². The van der Waals surface area contributed by atoms with Gasteiger partial charge in [0.15, 0.2) is 0 Å². The van der Waals surface area contributed by atoms with E-state index >= 15 is 0 Å². The Labute approximate surface area is 141 Å². The highest BCUT2D eigenvalue weighted by molar-refractivity contribution is 5.89. The maximum atomic E-state index is 12.2. The van der Waals surface area contributed by atoms with E-state index in [2.05, 4.69) is 10.6 Å². The molecule has 0 fully saturated rings. The highest BCUT2D eigenvalue weighted by atomic mass is 16.5. The number of nitrogens with one attached hydrogen (secondary N) is 2. The van der Waals surface area contributed by atoms with Gasteiger partial charge in [-0.15, -0.1) is 0 Å². The molecule has 2 aromatic carbocycles. The molecule has 6 nitrogen and oxygen atoms in total. The summed E-state index contributed by atoms with van der Waals surface area (Å²) in [6.07, 6.45) is 0. The largest absolute Gasteiger partial charge is 0.497 e. The molecule has 2 N–H and O–H groups in total. The van der Waals surface area contributed by atoms with Crippen LogP contribution in [0.15, 0.2) is 42.5 Å². The molecular formula is C18H22N2O4. The van der Waals surface area contributed by atoms with Crippen LogP contribution in [0.3, 0.4) is 0 Å². The van der Waals surface area contributed by atoms with Gasteiger partial charge in [0.2, 0.25) is 0 Å². The number of hydrogen-bond donors (Lipinski definition) is 2. The second kappa shape index (κ2) is 8.10. The van der Waals surface area contributed by atoms with Crippen molar-refractivity contribution in [2.45, 2.75) is 13.0 Å². The van der Waals surface area contributed by atoms with Gasteiger partial charge in [0.25, 0.3) is 0 Å². The number of rotatable bonds is 6. The van der Waals surface area contributed by atoms with Gasteiger partial charge in [-0.05, 0) is 49.4 Å². The summed E-state index contributed by atoms with van der Waals surface area (Å²) < 4.78 is 15.7. The fraction of sp³-hybridized carbons (Fsp3) is 0.278. The molecule has 0 bridgehead atoms. The van der Waals surface area contributed by atoms with E-state index in [-0.39, 0.29) is 12.1 Å². The molecule has 0 heterocycles. The number of urea groups is 1. The van der Waals surface area contributed by atoms with E-state index in [0.29, 0.717) is 17.2 Å². The Balaban J connectivity index is 2.05. The molecule has 6 heteroatoms. The Bertz CT molecular complexity index is 686. The molecule has 0 saturated carbocycles. The zero-order valence-corrected chi connectivity index (χ0v) is 14.3. The van der Waals surface area contributed by atoms with Crippen LogP contribution in [0.2, 0.25) is 0 Å². The van der Waals surface area contributed by atoms with Crippen molar-refractivity contribution in [2.24, 2.45) is 0 Å². The lowest BCUT2D eigenvalue weighted by Crippen LogP contribution is -2.31. The van der Waals surface area contributed by atoms with Gasteiger partial charge in [-0.2, -0.15) is 0 Å². The summed E-state index contributed by atoms with van der Waals surface area (Å²) >= 11 is 0. The van der Waals surface area contributed by atoms with Crippen LogP contribution in [0.25, 0.3) is 0 Å². The normalized spacial score (nSPS) is 11.3. The summed E-state index contributed by atoms with van der Waals surface area (Å²) in [5.74, 6) is 2.12. The van der Waals surface area contributed by atoms with Gasteiger partial charge >= 0.3 is 6.03 Å². The molecule has 0 aliphatic rings. The van der Waals surface area contributed by atoms with Crippen molar-refractivity contribution in [2.75, 3.05) is 26.6 Å². The highest BCUT2D eigenvalue weighted by Crippen LogP contribution is 2.29. The number of amides is 2. The highest BCUT2D eigenvalue weighted by Gasteiger charge is 2.15. The number of ether oxygens (including phenoxy) is 3. The van der Waals surface area contributed by atoms with Crippen molar-refractivity contribution in [3.05, 3.63) is 48.0 Å². The first kappa shape index (κ1) is 17.5. The molecule has 1 unspecified atom stereocenters. The molecule has 2 aromatic rings. The van der Waals surface area contributed by atoms with Crippen LogP contribution in [0, 0.1) is 0 Å². The third kappa shape index (κ3) is 4.32. The predicted molar refractivity (Wildman–Crippen MR) is 93.1 cm³/mol. The molecule has 0 radical (unpaired) electrons. The van der Waals surface area contributed by atoms with Crippen LogP contribution in [-0.2, 0) is 0 Å². The zero-order chi connectivity index (χ0) is 17.5. The van der Waals surface area contributed by atoms with E-state index < -0.39 is 0 Å². The van der Waals surface area contributed by atoms with Crippen molar-refractivity contribution in [1.82, 2.24) is 5.32 Å². The van der Waals surface area contributed by atoms with Crippen molar-refractivity contribution < 1.29 is 19.0 Å². The zero-order valence-electron chi connectivity index (χ0n) is 14.3. The minimum Gasteiger partial charge on any atom is -0.497 e. The molecule has 0 aliphatic heterocycles. The molecule has 0 aromatic heterocycles. The first-order chi connectivity index (χ1) is 11.6. The SMILES string of the molecule is COc1ccc(NC(=O)NC(C)c2cc(OC)ccc2OC)cc1. The summed E-state index contributed by atoms with van der Waals surface area (Å²) in [5, 5.41) is 5.66. The van der Waals surface area contributed by atoms with Crippen LogP contribution < -0.4 is 24.8 Å². The van der Waals surface area contributed by atoms with Gasteiger partial charge in [0.05, 0.1) is 27.4 Å². The second-order valence-corrected chi connectivity index (χ2v) is 5.16. The van der Waals surface area contributed by atoms with E-state index in [1.165, 1.54) is 0 Å². The minimum atomic E-state index is -0.308. The summed E-state index contributed by atoms with van der Waals surface area (Å²) in [7, 11) is 4.79. The first-order valence-electron chi connectivity index (χ1n) is 7.51. The summed E-state index contributed by atoms with van der Waals surface area (Å²) in [4.78, 5) is 12.2. The standard InChI is InChI=1S/C18H22N2O4/c1-12(16-11-15(23-3)9-10-17(16)24-4)19-18(21)20-13-5-7-14(22-2)8-6-13/h5-12H,1-4H3,(H2,19,20,21). The Hall–Kier alpha value is -2.89. The summed E-state index contributed by atoms with van der Waals surface area (Å²) in [6.45, 7) is 1.88. The Morgan fingerprint density at radius 2 is 1.54 bits per heavy atom. The second-order valence-electron chi connectivity index (χ2n) is 5.16. The van der Waals surface area contributed by atoms with Crippen molar-refractivity contribution in [3.8, 4) is 17.2 Å². The van der Waals surface area contributed by atoms with E-state index in [4.69, 9.17) is 14.2 Å². The van der Waals surface area contributed by atoms with Crippen LogP contribution >= 0.6 is 0 Å². The molecule has 0 aliphatic carbocycles. The third-order valence-electron chi connectivity index (χ3n) is 3.60. The lowest BCUT2D eigenvalue weighted by Gasteiger charge is -2.18. The quantitative estimate of drug-likeness (QED) is 0.849. The molecule has 2 amide bonds. The van der Waals surface area contributed by atoms with E-state index in [9.17, 15) is 4.79 Å². The monoisotopic (exact) mass is 330 g/mol. The summed E-state index contributed by atoms with van der Waals surface area (Å²) in [6, 6.07) is 12.0. The lowest BCUT2D eigenvalue weighted by molar-refractivity contribution is 0.249. The minimum absolute atomic E-state index is 0.256. The van der Waals surface area contributed by atoms with Gasteiger partial charge in [0, 0.05) is 11.3 Å². The number of carbonyl (C=O) groups is 1. The van der Waals surface area contributed by atoms with E-state index in [1.807, 2.05) is 25.1 Å². The van der Waals surface area contributed by atoms with Crippen LogP contribution in [0.5, 0.6) is 17.2 Å². The van der Waals surface area contributed by atoms with E-state index in [0.717, 1.165) is 11.3 Å². The molecule has 128 valence electrons. The number of anilines is 1. The summed E-state index contributed by atoms with van der Waals surface area (Å²) in [5.41, 5.74) is 1.51. The lowest BCUT2D eigenvalue weighted by atomic mass is 10.1. The van der Waals surface area contributed by atoms with Gasteiger partial charge in [-0.25, -0.2) is 4.79 Å². The fourth-order valence-electron chi connectivity index (χ4n) is 2.29. The Kier molecular flexibility index (Phi) is 5.89. The molecule has 1 atom stereocenters. The fourth-order valence-corrected chi connectivity index (χ4v) is 2.29. The average Bonchev–Trinajstić information content (AvgIpc) is 2.61. The first-order valence-corrected chi connectivity index (χ1v) is 7.51. The Morgan fingerprint density at radius 1 is 0.917 bits per heavy atom. The third-order valence-corrected chi connectivity index (χ3v) is 3.60. The predicted octanol–water partition coefficient (Wildman–Crippen LogP) is 3.60. The average molecular weight is 330 g/mol. The van der Waals surface area contributed by atoms with Crippen LogP contribution in [0.1, 0.15) is 18.5 Å². The van der Waals surface area contributed by atoms with Crippen molar-refractivity contribution in [1.29, 1.82) is 0 Å². The maximum Gasteiger partial charge on any atom is 0.319 e. The number of carbonyl (C=O) groups excluding carboxylic acids is 1. The van der Waals surface area contributed by atoms with Crippen LogP contribution in [-0.4, -0.2) is 27.4 Å². The molecule has 2 rings (SSSR count). The van der Waals surface area contributed by atoms with E-state index in [1.54, 1.807) is 45.6 Å². The van der Waals surface area contributed by atoms with Gasteiger partial charge in [-0.3, -0.25) is 0 Å². The van der Waals surface area contributed by atoms with Crippen molar-refractivity contribution >= 4 is 11.7 Å². The van der Waals surface area contributed by atoms with Gasteiger partial charge in [0.1, 0.15) is 17.2 Å². The van der Waals surface area contributed by atoms with Crippen LogP contribution in [0.4, 0.5) is 10.5 Å². The molecule has 0 saturated heterocycles. The van der Waals surface area contributed by atoms with Gasteiger partial charge < -0.3 is 24.8 Å². The molecule has 24 heavy (non-hydrogen) atoms. The Morgan fingerprint density at radius 3 is 2.12 bits per heavy atom. The smallest absolute Gasteiger partial charge is 0.319 e. The molecular weight excluding hydrogens is 308 g/mol. The number of benzene rings is 2. The topological polar surface area (TPSA) is 68.8 Å². The maximum absolute atomic E-state index is 12.2. The van der Waals surface area contributed by atoms with Crippen molar-refractivity contribution in [3.63, 3.8) is 0 Å².